The standard InChI is InChI=1S/C12H21N5O/c1-2-8-18-10-4-3-7-17(9-10)11-5-6-14-12(15-11)16-13/h5-6,10H,2-4,7-9,13H2,1H3,(H,14,15,16). The zero-order valence-electron chi connectivity index (χ0n) is 10.8. The van der Waals surface area contributed by atoms with Gasteiger partial charge < -0.3 is 9.64 Å². The molecule has 1 unspecified atom stereocenters. The normalized spacial score (nSPS) is 19.9. The minimum Gasteiger partial charge on any atom is -0.376 e. The first-order chi connectivity index (χ1) is 8.83. The molecule has 1 fully saturated rings. The van der Waals surface area contributed by atoms with Gasteiger partial charge in [-0.05, 0) is 25.3 Å². The molecule has 6 nitrogen and oxygen atoms in total. The van der Waals surface area contributed by atoms with E-state index in [0.717, 1.165) is 44.8 Å². The highest BCUT2D eigenvalue weighted by Crippen LogP contribution is 2.20. The number of piperidine rings is 1. The predicted molar refractivity (Wildman–Crippen MR) is 71.3 cm³/mol. The summed E-state index contributed by atoms with van der Waals surface area (Å²) < 4.78 is 5.82. The van der Waals surface area contributed by atoms with Gasteiger partial charge in [0.15, 0.2) is 0 Å². The summed E-state index contributed by atoms with van der Waals surface area (Å²) in [5.74, 6) is 6.68. The number of nitrogens with one attached hydrogen (secondary N) is 1. The molecule has 0 bridgehead atoms. The van der Waals surface area contributed by atoms with E-state index in [4.69, 9.17) is 10.6 Å². The van der Waals surface area contributed by atoms with Gasteiger partial charge in [0.05, 0.1) is 6.10 Å². The van der Waals surface area contributed by atoms with Crippen molar-refractivity contribution in [2.24, 2.45) is 5.84 Å². The highest BCUT2D eigenvalue weighted by atomic mass is 16.5. The largest absolute Gasteiger partial charge is 0.376 e. The van der Waals surface area contributed by atoms with Crippen LogP contribution in [0.5, 0.6) is 0 Å². The summed E-state index contributed by atoms with van der Waals surface area (Å²) in [7, 11) is 0. The molecule has 0 amide bonds. The van der Waals surface area contributed by atoms with Gasteiger partial charge in [0.1, 0.15) is 5.82 Å². The monoisotopic (exact) mass is 251 g/mol. The minimum absolute atomic E-state index is 0.308. The van der Waals surface area contributed by atoms with Crippen LogP contribution in [0, 0.1) is 0 Å². The second kappa shape index (κ2) is 6.51. The Labute approximate surface area is 108 Å². The van der Waals surface area contributed by atoms with E-state index in [1.165, 1.54) is 0 Å². The molecule has 6 heteroatoms. The number of rotatable bonds is 5. The van der Waals surface area contributed by atoms with Crippen LogP contribution in [0.25, 0.3) is 0 Å². The van der Waals surface area contributed by atoms with E-state index >= 15 is 0 Å². The number of aromatic nitrogens is 2. The molecule has 2 heterocycles. The molecule has 2 rings (SSSR count). The maximum Gasteiger partial charge on any atom is 0.239 e. The highest BCUT2D eigenvalue weighted by molar-refractivity contribution is 5.42. The van der Waals surface area contributed by atoms with Crippen molar-refractivity contribution in [2.75, 3.05) is 30.0 Å². The molecular formula is C12H21N5O. The Balaban J connectivity index is 1.98. The zero-order chi connectivity index (χ0) is 12.8. The third kappa shape index (κ3) is 3.30. The zero-order valence-corrected chi connectivity index (χ0v) is 10.8. The van der Waals surface area contributed by atoms with E-state index in [9.17, 15) is 0 Å². The molecule has 1 saturated heterocycles. The van der Waals surface area contributed by atoms with Crippen LogP contribution in [-0.2, 0) is 4.74 Å². The van der Waals surface area contributed by atoms with Gasteiger partial charge in [0, 0.05) is 25.9 Å². The number of ether oxygens (including phenoxy) is 1. The van der Waals surface area contributed by atoms with E-state index in [-0.39, 0.29) is 0 Å². The van der Waals surface area contributed by atoms with Crippen LogP contribution < -0.4 is 16.2 Å². The fourth-order valence-corrected chi connectivity index (χ4v) is 2.16. The lowest BCUT2D eigenvalue weighted by Crippen LogP contribution is -2.40. The number of nitrogens with zero attached hydrogens (tertiary/aromatic N) is 3. The maximum absolute atomic E-state index is 5.82. The Bertz CT molecular complexity index is 373. The quantitative estimate of drug-likeness (QED) is 0.604. The van der Waals surface area contributed by atoms with Crippen molar-refractivity contribution in [1.29, 1.82) is 0 Å². The van der Waals surface area contributed by atoms with Crippen molar-refractivity contribution in [2.45, 2.75) is 32.3 Å². The lowest BCUT2D eigenvalue weighted by molar-refractivity contribution is 0.0439. The molecule has 3 N–H and O–H groups in total. The number of hydrazine groups is 1. The topological polar surface area (TPSA) is 76.3 Å². The third-order valence-corrected chi connectivity index (χ3v) is 3.03. The fourth-order valence-electron chi connectivity index (χ4n) is 2.16. The molecule has 0 spiro atoms. The molecule has 1 atom stereocenters. The predicted octanol–water partition coefficient (Wildman–Crippen LogP) is 1.16. The first-order valence-electron chi connectivity index (χ1n) is 6.49. The van der Waals surface area contributed by atoms with Crippen LogP contribution in [0.15, 0.2) is 12.3 Å². The molecule has 1 aliphatic rings. The van der Waals surface area contributed by atoms with Crippen LogP contribution >= 0.6 is 0 Å². The van der Waals surface area contributed by atoms with E-state index in [1.54, 1.807) is 6.20 Å². The Kier molecular flexibility index (Phi) is 4.72. The van der Waals surface area contributed by atoms with Gasteiger partial charge in [-0.1, -0.05) is 6.92 Å². The molecular weight excluding hydrogens is 230 g/mol. The molecule has 0 radical (unpaired) electrons. The molecule has 1 aliphatic heterocycles. The first kappa shape index (κ1) is 13.0. The van der Waals surface area contributed by atoms with Crippen LogP contribution in [0.2, 0.25) is 0 Å². The van der Waals surface area contributed by atoms with E-state index < -0.39 is 0 Å². The minimum atomic E-state index is 0.308. The second-order valence-corrected chi connectivity index (χ2v) is 4.46. The number of hydrogen-bond acceptors (Lipinski definition) is 6. The van der Waals surface area contributed by atoms with Crippen molar-refractivity contribution in [3.63, 3.8) is 0 Å². The summed E-state index contributed by atoms with van der Waals surface area (Å²) >= 11 is 0. The van der Waals surface area contributed by atoms with Crippen molar-refractivity contribution >= 4 is 11.8 Å². The summed E-state index contributed by atoms with van der Waals surface area (Å²) in [4.78, 5) is 10.6. The SMILES string of the molecule is CCCOC1CCCN(c2ccnc(NN)n2)C1. The van der Waals surface area contributed by atoms with Gasteiger partial charge in [-0.3, -0.25) is 5.43 Å². The molecule has 1 aromatic heterocycles. The van der Waals surface area contributed by atoms with Crippen LogP contribution in [-0.4, -0.2) is 35.8 Å². The lowest BCUT2D eigenvalue weighted by atomic mass is 10.1. The average molecular weight is 251 g/mol. The maximum atomic E-state index is 5.82. The Morgan fingerprint density at radius 3 is 3.28 bits per heavy atom. The van der Waals surface area contributed by atoms with Crippen LogP contribution in [0.3, 0.4) is 0 Å². The second-order valence-electron chi connectivity index (χ2n) is 4.46. The summed E-state index contributed by atoms with van der Waals surface area (Å²) in [5.41, 5.74) is 2.47. The van der Waals surface area contributed by atoms with Gasteiger partial charge in [-0.2, -0.15) is 4.98 Å². The Hall–Kier alpha value is -1.40. The Morgan fingerprint density at radius 2 is 2.50 bits per heavy atom. The number of hydrogen-bond donors (Lipinski definition) is 2. The summed E-state index contributed by atoms with van der Waals surface area (Å²) in [5, 5.41) is 0. The molecule has 0 aromatic carbocycles. The Morgan fingerprint density at radius 1 is 1.61 bits per heavy atom. The van der Waals surface area contributed by atoms with Crippen LogP contribution in [0.4, 0.5) is 11.8 Å². The molecule has 0 aliphatic carbocycles. The molecule has 0 saturated carbocycles. The number of anilines is 2. The van der Waals surface area contributed by atoms with Crippen molar-refractivity contribution < 1.29 is 4.74 Å². The van der Waals surface area contributed by atoms with Gasteiger partial charge in [0.25, 0.3) is 0 Å². The van der Waals surface area contributed by atoms with Crippen LogP contribution in [0.1, 0.15) is 26.2 Å². The lowest BCUT2D eigenvalue weighted by Gasteiger charge is -2.33. The molecule has 18 heavy (non-hydrogen) atoms. The fraction of sp³-hybridized carbons (Fsp3) is 0.667. The summed E-state index contributed by atoms with van der Waals surface area (Å²) in [6.45, 7) is 4.86. The van der Waals surface area contributed by atoms with Crippen molar-refractivity contribution in [1.82, 2.24) is 9.97 Å². The highest BCUT2D eigenvalue weighted by Gasteiger charge is 2.21. The summed E-state index contributed by atoms with van der Waals surface area (Å²) in [6.07, 6.45) is 5.34. The van der Waals surface area contributed by atoms with E-state index in [0.29, 0.717) is 12.1 Å². The smallest absolute Gasteiger partial charge is 0.239 e. The van der Waals surface area contributed by atoms with Gasteiger partial charge in [-0.15, -0.1) is 0 Å². The third-order valence-electron chi connectivity index (χ3n) is 3.03. The number of nitrogen functional groups attached to an aromatic ring is 1. The average Bonchev–Trinajstić information content (AvgIpc) is 2.45. The first-order valence-corrected chi connectivity index (χ1v) is 6.49. The van der Waals surface area contributed by atoms with Crippen molar-refractivity contribution in [3.8, 4) is 0 Å². The molecule has 1 aromatic rings. The van der Waals surface area contributed by atoms with Gasteiger partial charge in [-0.25, -0.2) is 10.8 Å². The number of nitrogens with two attached hydrogens (primary N) is 1. The summed E-state index contributed by atoms with van der Waals surface area (Å²) in [6, 6.07) is 1.91. The van der Waals surface area contributed by atoms with Gasteiger partial charge in [0.2, 0.25) is 5.95 Å². The van der Waals surface area contributed by atoms with Crippen molar-refractivity contribution in [3.05, 3.63) is 12.3 Å². The van der Waals surface area contributed by atoms with Gasteiger partial charge >= 0.3 is 0 Å². The molecule has 100 valence electrons. The van der Waals surface area contributed by atoms with E-state index in [2.05, 4.69) is 27.2 Å². The van der Waals surface area contributed by atoms with E-state index in [1.807, 2.05) is 6.07 Å².